The van der Waals surface area contributed by atoms with Crippen molar-refractivity contribution in [2.24, 2.45) is 5.92 Å². The molecule has 8 heteroatoms. The van der Waals surface area contributed by atoms with Crippen LogP contribution in [0.3, 0.4) is 0 Å². The fourth-order valence-corrected chi connectivity index (χ4v) is 5.26. The molecule has 0 spiro atoms. The lowest BCUT2D eigenvalue weighted by atomic mass is 9.69. The Bertz CT molecular complexity index is 940. The maximum atomic E-state index is 6.14. The number of nitrogens with one attached hydrogen (secondary N) is 2. The summed E-state index contributed by atoms with van der Waals surface area (Å²) >= 11 is 11.8. The summed E-state index contributed by atoms with van der Waals surface area (Å²) in [5.74, 6) is 2.63. The van der Waals surface area contributed by atoms with E-state index in [2.05, 4.69) is 39.6 Å². The van der Waals surface area contributed by atoms with Crippen molar-refractivity contribution in [1.82, 2.24) is 15.3 Å². The molecule has 2 aromatic rings. The van der Waals surface area contributed by atoms with E-state index >= 15 is 0 Å². The predicted molar refractivity (Wildman–Crippen MR) is 140 cm³/mol. The zero-order valence-corrected chi connectivity index (χ0v) is 21.1. The lowest BCUT2D eigenvalue weighted by Crippen LogP contribution is -2.43. The van der Waals surface area contributed by atoms with Crippen molar-refractivity contribution in [1.29, 1.82) is 0 Å². The number of anilines is 2. The Balaban J connectivity index is 1.44. The number of methoxy groups -OCH3 is 1. The van der Waals surface area contributed by atoms with Gasteiger partial charge in [-0.2, -0.15) is 9.97 Å². The summed E-state index contributed by atoms with van der Waals surface area (Å²) in [5, 5.41) is 7.94. The molecule has 1 aromatic carbocycles. The Kier molecular flexibility index (Phi) is 7.91. The monoisotopic (exact) mass is 487 g/mol. The molecule has 0 amide bonds. The van der Waals surface area contributed by atoms with Crippen molar-refractivity contribution in [3.63, 3.8) is 0 Å². The first kappa shape index (κ1) is 24.0. The van der Waals surface area contributed by atoms with Crippen LogP contribution in [0.5, 0.6) is 5.88 Å². The molecule has 0 radical (unpaired) electrons. The van der Waals surface area contributed by atoms with Gasteiger partial charge in [-0.05, 0) is 61.5 Å². The molecule has 1 saturated heterocycles. The molecular weight excluding hydrogens is 454 g/mol. The van der Waals surface area contributed by atoms with Gasteiger partial charge in [-0.15, -0.1) is 0 Å². The first-order chi connectivity index (χ1) is 16.0. The second-order valence-corrected chi connectivity index (χ2v) is 10.3. The summed E-state index contributed by atoms with van der Waals surface area (Å²) in [7, 11) is 1.63. The number of hydrogen-bond acceptors (Lipinski definition) is 5. The van der Waals surface area contributed by atoms with Gasteiger partial charge in [-0.3, -0.25) is 0 Å². The van der Waals surface area contributed by atoms with E-state index in [1.54, 1.807) is 7.11 Å². The third-order valence-electron chi connectivity index (χ3n) is 7.09. The van der Waals surface area contributed by atoms with Gasteiger partial charge in [0.1, 0.15) is 5.82 Å². The highest BCUT2D eigenvalue weighted by molar-refractivity contribution is 7.80. The molecule has 0 unspecified atom stereocenters. The number of halogens is 1. The smallest absolute Gasteiger partial charge is 0.234 e. The molecule has 0 bridgehead atoms. The molecular formula is C25H34ClN5OS. The van der Waals surface area contributed by atoms with E-state index in [4.69, 9.17) is 33.5 Å². The van der Waals surface area contributed by atoms with Crippen molar-refractivity contribution in [2.45, 2.75) is 57.3 Å². The van der Waals surface area contributed by atoms with Crippen molar-refractivity contribution >= 4 is 40.7 Å². The van der Waals surface area contributed by atoms with Crippen LogP contribution in [-0.4, -0.2) is 41.8 Å². The zero-order chi connectivity index (χ0) is 23.3. The summed E-state index contributed by atoms with van der Waals surface area (Å²) in [6.07, 6.45) is 8.34. The molecule has 2 heterocycles. The topological polar surface area (TPSA) is 62.3 Å². The highest BCUT2D eigenvalue weighted by Gasteiger charge is 2.34. The maximum absolute atomic E-state index is 6.14. The van der Waals surface area contributed by atoms with Crippen LogP contribution in [0.25, 0.3) is 0 Å². The number of rotatable bonds is 6. The summed E-state index contributed by atoms with van der Waals surface area (Å²) < 4.78 is 5.44. The fourth-order valence-electron chi connectivity index (χ4n) is 4.97. The van der Waals surface area contributed by atoms with Crippen molar-refractivity contribution in [3.05, 3.63) is 40.9 Å². The predicted octanol–water partition coefficient (Wildman–Crippen LogP) is 5.56. The van der Waals surface area contributed by atoms with E-state index in [1.807, 2.05) is 18.2 Å². The van der Waals surface area contributed by atoms with E-state index in [-0.39, 0.29) is 5.41 Å². The van der Waals surface area contributed by atoms with Gasteiger partial charge in [-0.1, -0.05) is 49.9 Å². The zero-order valence-electron chi connectivity index (χ0n) is 19.6. The van der Waals surface area contributed by atoms with Gasteiger partial charge in [0.2, 0.25) is 11.8 Å². The second kappa shape index (κ2) is 10.9. The highest BCUT2D eigenvalue weighted by atomic mass is 35.5. The molecule has 0 atom stereocenters. The normalized spacial score (nSPS) is 18.6. The summed E-state index contributed by atoms with van der Waals surface area (Å²) in [6, 6.07) is 10.2. The lowest BCUT2D eigenvalue weighted by molar-refractivity contribution is 0.292. The highest BCUT2D eigenvalue weighted by Crippen LogP contribution is 2.39. The van der Waals surface area contributed by atoms with E-state index in [9.17, 15) is 0 Å². The number of hydrogen-bond donors (Lipinski definition) is 2. The van der Waals surface area contributed by atoms with E-state index in [0.717, 1.165) is 49.2 Å². The average molecular weight is 488 g/mol. The Labute approximate surface area is 207 Å². The molecule has 1 aliphatic heterocycles. The second-order valence-electron chi connectivity index (χ2n) is 9.42. The molecule has 178 valence electrons. The number of nitrogens with zero attached hydrogens (tertiary/aromatic N) is 3. The Morgan fingerprint density at radius 1 is 1.15 bits per heavy atom. The Morgan fingerprint density at radius 3 is 2.52 bits per heavy atom. The molecule has 1 aromatic heterocycles. The molecule has 2 aliphatic rings. The number of piperidine rings is 1. The lowest BCUT2D eigenvalue weighted by Gasteiger charge is -2.38. The van der Waals surface area contributed by atoms with Crippen LogP contribution in [-0.2, 0) is 5.41 Å². The molecule has 1 saturated carbocycles. The minimum Gasteiger partial charge on any atom is -0.481 e. The first-order valence-electron chi connectivity index (χ1n) is 12.0. The SMILES string of the molecule is COc1cc(N2CCC(C)CC2)nc(NC(=S)NCC2(c3ccc(Cl)cc3)CCCCC2)n1. The standard InChI is InChI=1S/C25H34ClN5OS/c1-18-10-14-31(15-11-18)21-16-22(32-2)29-23(28-21)30-24(33)27-17-25(12-4-3-5-13-25)19-6-8-20(26)9-7-19/h6-9,16,18H,3-5,10-15,17H2,1-2H3,(H2,27,28,29,30,33). The molecule has 6 nitrogen and oxygen atoms in total. The van der Waals surface area contributed by atoms with Crippen molar-refractivity contribution in [2.75, 3.05) is 37.0 Å². The van der Waals surface area contributed by atoms with Crippen LogP contribution in [0.2, 0.25) is 5.02 Å². The van der Waals surface area contributed by atoms with Gasteiger partial charge < -0.3 is 20.3 Å². The summed E-state index contributed by atoms with van der Waals surface area (Å²) in [5.41, 5.74) is 1.38. The quantitative estimate of drug-likeness (QED) is 0.517. The van der Waals surface area contributed by atoms with Gasteiger partial charge in [-0.25, -0.2) is 0 Å². The summed E-state index contributed by atoms with van der Waals surface area (Å²) in [4.78, 5) is 11.5. The van der Waals surface area contributed by atoms with Crippen LogP contribution >= 0.6 is 23.8 Å². The third-order valence-corrected chi connectivity index (χ3v) is 7.58. The van der Waals surface area contributed by atoms with Gasteiger partial charge in [0.15, 0.2) is 5.11 Å². The number of ether oxygens (including phenoxy) is 1. The molecule has 1 aliphatic carbocycles. The largest absolute Gasteiger partial charge is 0.481 e. The number of thiocarbonyl (C=S) groups is 1. The Hall–Kier alpha value is -2.12. The summed E-state index contributed by atoms with van der Waals surface area (Å²) in [6.45, 7) is 5.06. The van der Waals surface area contributed by atoms with Crippen molar-refractivity contribution in [3.8, 4) is 5.88 Å². The van der Waals surface area contributed by atoms with Crippen LogP contribution in [0, 0.1) is 5.92 Å². The fraction of sp³-hybridized carbons (Fsp3) is 0.560. The van der Waals surface area contributed by atoms with Crippen LogP contribution < -0.4 is 20.3 Å². The molecule has 2 fully saturated rings. The van der Waals surface area contributed by atoms with Gasteiger partial charge in [0, 0.05) is 36.1 Å². The molecule has 4 rings (SSSR count). The molecule has 2 N–H and O–H groups in total. The van der Waals surface area contributed by atoms with Crippen LogP contribution in [0.15, 0.2) is 30.3 Å². The van der Waals surface area contributed by atoms with Gasteiger partial charge in [0.05, 0.1) is 7.11 Å². The van der Waals surface area contributed by atoms with Crippen molar-refractivity contribution < 1.29 is 4.74 Å². The van der Waals surface area contributed by atoms with Crippen LogP contribution in [0.1, 0.15) is 57.4 Å². The number of aromatic nitrogens is 2. The van der Waals surface area contributed by atoms with E-state index < -0.39 is 0 Å². The minimum absolute atomic E-state index is 0.0550. The van der Waals surface area contributed by atoms with Gasteiger partial charge >= 0.3 is 0 Å². The van der Waals surface area contributed by atoms with Crippen LogP contribution in [0.4, 0.5) is 11.8 Å². The van der Waals surface area contributed by atoms with E-state index in [0.29, 0.717) is 16.9 Å². The Morgan fingerprint density at radius 2 is 1.85 bits per heavy atom. The number of benzene rings is 1. The van der Waals surface area contributed by atoms with E-state index in [1.165, 1.54) is 37.7 Å². The molecule has 33 heavy (non-hydrogen) atoms. The average Bonchev–Trinajstić information content (AvgIpc) is 2.84. The maximum Gasteiger partial charge on any atom is 0.234 e. The third kappa shape index (κ3) is 6.07. The first-order valence-corrected chi connectivity index (χ1v) is 12.7. The minimum atomic E-state index is 0.0550. The van der Waals surface area contributed by atoms with Gasteiger partial charge in [0.25, 0.3) is 0 Å².